The molecule has 2 fully saturated rings. The molecule has 2 saturated heterocycles. The molecule has 8 atom stereocenters. The Kier molecular flexibility index (Phi) is 20.6. The van der Waals surface area contributed by atoms with E-state index in [-0.39, 0.29) is 79.3 Å². The number of rotatable bonds is 15. The van der Waals surface area contributed by atoms with E-state index >= 15 is 0 Å². The normalized spacial score (nSPS) is 21.3. The van der Waals surface area contributed by atoms with Crippen molar-refractivity contribution in [2.75, 3.05) is 27.2 Å². The summed E-state index contributed by atoms with van der Waals surface area (Å²) in [4.78, 5) is 85.4. The Morgan fingerprint density at radius 3 is 1.49 bits per heavy atom. The number of nitrogens with zero attached hydrogens (tertiary/aromatic N) is 2. The van der Waals surface area contributed by atoms with Gasteiger partial charge in [-0.1, -0.05) is 67.3 Å². The summed E-state index contributed by atoms with van der Waals surface area (Å²) in [7, 11) is 3.33. The van der Waals surface area contributed by atoms with Crippen molar-refractivity contribution in [3.63, 3.8) is 0 Å². The molecule has 2 aromatic carbocycles. The van der Waals surface area contributed by atoms with Gasteiger partial charge in [0, 0.05) is 25.9 Å². The molecule has 0 saturated carbocycles. The van der Waals surface area contributed by atoms with Crippen molar-refractivity contribution in [3.05, 3.63) is 70.8 Å². The second-order valence-corrected chi connectivity index (χ2v) is 17.1. The maximum absolute atomic E-state index is 14.2. The zero-order valence-corrected chi connectivity index (χ0v) is 39.6. The van der Waals surface area contributed by atoms with E-state index in [1.165, 1.54) is 11.1 Å². The SMILES string of the molecule is CC[C@H](NC)C(=O)N[C@@H](CC#CC#CC[C@H](NC(=O)[C@H](C)NC)C(=O)N1CCC[C@H]1C(=O)N[C@@H]1CCCc2ccccc21)C(=O)N1CCC[C@H]1C(=O)NC1CCCc2ccccc21.Cl.Cl. The van der Waals surface area contributed by atoms with Crippen LogP contribution in [-0.2, 0) is 41.6 Å². The van der Waals surface area contributed by atoms with Gasteiger partial charge in [-0.15, -0.1) is 24.8 Å². The number of likely N-dealkylation sites (tertiary alicyclic amines) is 2. The summed E-state index contributed by atoms with van der Waals surface area (Å²) in [6.07, 6.45) is 8.21. The predicted octanol–water partition coefficient (Wildman–Crippen LogP) is 3.56. The summed E-state index contributed by atoms with van der Waals surface area (Å²) in [6, 6.07) is 11.5. The Hall–Kier alpha value is -5.12. The number of likely N-dealkylation sites (N-methyl/N-ethyl adjacent to an activating group) is 2. The minimum atomic E-state index is -1.03. The number of benzene rings is 2. The monoisotopic (exact) mass is 932 g/mol. The van der Waals surface area contributed by atoms with Crippen molar-refractivity contribution in [2.24, 2.45) is 0 Å². The van der Waals surface area contributed by atoms with Crippen molar-refractivity contribution < 1.29 is 28.8 Å². The molecule has 0 radical (unpaired) electrons. The van der Waals surface area contributed by atoms with Crippen LogP contribution in [0.5, 0.6) is 0 Å². The second-order valence-electron chi connectivity index (χ2n) is 17.1. The van der Waals surface area contributed by atoms with Gasteiger partial charge in [-0.2, -0.15) is 0 Å². The van der Waals surface area contributed by atoms with Crippen LogP contribution in [-0.4, -0.2) is 109 Å². The first-order valence-electron chi connectivity index (χ1n) is 22.8. The summed E-state index contributed by atoms with van der Waals surface area (Å²) in [5.74, 6) is 9.48. The molecule has 16 heteroatoms. The highest BCUT2D eigenvalue weighted by Crippen LogP contribution is 2.32. The number of aryl methyl sites for hydroxylation is 2. The number of hydrogen-bond acceptors (Lipinski definition) is 8. The third kappa shape index (κ3) is 13.3. The van der Waals surface area contributed by atoms with E-state index in [9.17, 15) is 28.8 Å². The van der Waals surface area contributed by atoms with Crippen LogP contribution in [0.1, 0.15) is 119 Å². The smallest absolute Gasteiger partial charge is 0.246 e. The molecule has 65 heavy (non-hydrogen) atoms. The third-order valence-electron chi connectivity index (χ3n) is 13.0. The van der Waals surface area contributed by atoms with Crippen LogP contribution in [0.4, 0.5) is 0 Å². The van der Waals surface area contributed by atoms with E-state index in [1.54, 1.807) is 30.8 Å². The van der Waals surface area contributed by atoms with Gasteiger partial charge in [-0.05, 0) is 126 Å². The molecule has 352 valence electrons. The first-order chi connectivity index (χ1) is 30.5. The average Bonchev–Trinajstić information content (AvgIpc) is 4.01. The van der Waals surface area contributed by atoms with E-state index < -0.39 is 42.2 Å². The molecule has 6 rings (SSSR count). The van der Waals surface area contributed by atoms with E-state index in [1.807, 2.05) is 37.3 Å². The van der Waals surface area contributed by atoms with Crippen molar-refractivity contribution in [1.82, 2.24) is 41.7 Å². The van der Waals surface area contributed by atoms with Crippen molar-refractivity contribution in [1.29, 1.82) is 0 Å². The second kappa shape index (κ2) is 25.5. The molecule has 0 spiro atoms. The Morgan fingerprint density at radius 2 is 1.06 bits per heavy atom. The highest BCUT2D eigenvalue weighted by Gasteiger charge is 2.40. The number of amides is 6. The Labute approximate surface area is 396 Å². The zero-order valence-electron chi connectivity index (χ0n) is 38.0. The van der Waals surface area contributed by atoms with Crippen LogP contribution in [0.3, 0.4) is 0 Å². The number of fused-ring (bicyclic) bond motifs is 2. The molecule has 14 nitrogen and oxygen atoms in total. The van der Waals surface area contributed by atoms with Crippen LogP contribution in [0.2, 0.25) is 0 Å². The average molecular weight is 934 g/mol. The molecular weight excluding hydrogens is 867 g/mol. The largest absolute Gasteiger partial charge is 0.347 e. The number of halogens is 2. The van der Waals surface area contributed by atoms with Gasteiger partial charge >= 0.3 is 0 Å². The molecule has 6 amide bonds. The van der Waals surface area contributed by atoms with Crippen molar-refractivity contribution in [3.8, 4) is 23.7 Å². The van der Waals surface area contributed by atoms with Crippen molar-refractivity contribution in [2.45, 2.75) is 146 Å². The lowest BCUT2D eigenvalue weighted by molar-refractivity contribution is -0.141. The molecule has 0 aromatic heterocycles. The molecule has 4 aliphatic rings. The number of carbonyl (C=O) groups is 6. The number of carbonyl (C=O) groups excluding carboxylic acids is 6. The van der Waals surface area contributed by atoms with E-state index in [0.29, 0.717) is 45.2 Å². The van der Waals surface area contributed by atoms with Gasteiger partial charge < -0.3 is 41.7 Å². The van der Waals surface area contributed by atoms with Crippen LogP contribution in [0.25, 0.3) is 0 Å². The molecule has 2 aliphatic carbocycles. The van der Waals surface area contributed by atoms with E-state index in [4.69, 9.17) is 0 Å². The van der Waals surface area contributed by atoms with Gasteiger partial charge in [-0.3, -0.25) is 28.8 Å². The fourth-order valence-corrected chi connectivity index (χ4v) is 9.37. The summed E-state index contributed by atoms with van der Waals surface area (Å²) in [6.45, 7) is 4.31. The summed E-state index contributed by atoms with van der Waals surface area (Å²) in [5, 5.41) is 18.0. The Balaban J connectivity index is 0.00000462. The molecule has 2 aliphatic heterocycles. The van der Waals surface area contributed by atoms with Gasteiger partial charge in [0.1, 0.15) is 24.2 Å². The Morgan fingerprint density at radius 1 is 0.615 bits per heavy atom. The molecule has 1 unspecified atom stereocenters. The summed E-state index contributed by atoms with van der Waals surface area (Å²) >= 11 is 0. The highest BCUT2D eigenvalue weighted by atomic mass is 35.5. The van der Waals surface area contributed by atoms with Crippen LogP contribution >= 0.6 is 24.8 Å². The fraction of sp³-hybridized carbons (Fsp3) is 0.551. The maximum atomic E-state index is 14.2. The van der Waals surface area contributed by atoms with Crippen LogP contribution < -0.4 is 31.9 Å². The molecular formula is C49H66Cl2N8O6. The lowest BCUT2D eigenvalue weighted by Gasteiger charge is -2.31. The molecule has 6 N–H and O–H groups in total. The van der Waals surface area contributed by atoms with E-state index in [2.05, 4.69) is 73.8 Å². The zero-order chi connectivity index (χ0) is 44.9. The number of nitrogens with one attached hydrogen (secondary N) is 6. The van der Waals surface area contributed by atoms with Crippen LogP contribution in [0.15, 0.2) is 48.5 Å². The first-order valence-corrected chi connectivity index (χ1v) is 22.8. The van der Waals surface area contributed by atoms with E-state index in [0.717, 1.165) is 49.7 Å². The standard InChI is InChI=1S/C49H64N8O6.2ClH/c1-5-37(51-4)45(59)55-41(49(63)57-31-17-29-43(57)47(61)53-39-27-15-21-34-19-11-13-23-36(34)39)25-9-7-6-8-24-40(54-44(58)32(2)50-3)48(62)56-30-16-28-42(56)46(60)52-38-26-14-20-33-18-10-12-22-35(33)38;;/h10-13,18-19,22-23,32,37-43,50-51H,5,14-17,20-21,24-31H2,1-4H3,(H,52,60)(H,53,61)(H,54,58)(H,55,59);2*1H/t32-,37-,38+,39?,40-,41-,42-,43-;;/m0../s1. The quantitative estimate of drug-likeness (QED) is 0.147. The minimum absolute atomic E-state index is 0. The van der Waals surface area contributed by atoms with Gasteiger partial charge in [0.25, 0.3) is 0 Å². The third-order valence-corrected chi connectivity index (χ3v) is 13.0. The van der Waals surface area contributed by atoms with Gasteiger partial charge in [-0.25, -0.2) is 0 Å². The van der Waals surface area contributed by atoms with Gasteiger partial charge in [0.2, 0.25) is 35.4 Å². The number of hydrogen-bond donors (Lipinski definition) is 6. The summed E-state index contributed by atoms with van der Waals surface area (Å²) < 4.78 is 0. The minimum Gasteiger partial charge on any atom is -0.347 e. The molecule has 2 aromatic rings. The van der Waals surface area contributed by atoms with Crippen molar-refractivity contribution >= 4 is 60.3 Å². The molecule has 2 heterocycles. The fourth-order valence-electron chi connectivity index (χ4n) is 9.37. The first kappa shape index (κ1) is 52.5. The topological polar surface area (TPSA) is 181 Å². The maximum Gasteiger partial charge on any atom is 0.246 e. The highest BCUT2D eigenvalue weighted by molar-refractivity contribution is 5.95. The lowest BCUT2D eigenvalue weighted by Crippen LogP contribution is -2.56. The predicted molar refractivity (Wildman–Crippen MR) is 255 cm³/mol. The van der Waals surface area contributed by atoms with Gasteiger partial charge in [0.05, 0.1) is 24.2 Å². The van der Waals surface area contributed by atoms with Gasteiger partial charge in [0.15, 0.2) is 0 Å². The lowest BCUT2D eigenvalue weighted by atomic mass is 9.87. The van der Waals surface area contributed by atoms with Crippen LogP contribution in [0, 0.1) is 23.7 Å². The summed E-state index contributed by atoms with van der Waals surface area (Å²) in [5.41, 5.74) is 4.68. The molecule has 0 bridgehead atoms. The Bertz CT molecular complexity index is 2130.